The molecule has 0 saturated carbocycles. The fourth-order valence-electron chi connectivity index (χ4n) is 3.03. The highest BCUT2D eigenvalue weighted by molar-refractivity contribution is 7.15. The molecule has 0 spiro atoms. The van der Waals surface area contributed by atoms with Gasteiger partial charge in [-0.15, -0.1) is 10.2 Å². The van der Waals surface area contributed by atoms with Gasteiger partial charge < -0.3 is 10.1 Å². The molecular formula is C20H13N5O7S. The number of ether oxygens (including phenoxy) is 1. The van der Waals surface area contributed by atoms with Crippen LogP contribution < -0.4 is 10.2 Å². The molecule has 166 valence electrons. The molecule has 0 bridgehead atoms. The molecule has 2 heterocycles. The van der Waals surface area contributed by atoms with Crippen molar-refractivity contribution in [2.24, 2.45) is 0 Å². The Hall–Kier alpha value is -4.52. The van der Waals surface area contributed by atoms with Crippen molar-refractivity contribution in [3.05, 3.63) is 74.3 Å². The Labute approximate surface area is 188 Å². The molecular weight excluding hydrogens is 454 g/mol. The van der Waals surface area contributed by atoms with Crippen LogP contribution in [0.25, 0.3) is 0 Å². The molecule has 1 aliphatic heterocycles. The van der Waals surface area contributed by atoms with Crippen molar-refractivity contribution in [2.75, 3.05) is 16.8 Å². The number of carbonyl (C=O) groups excluding carboxylic acids is 4. The monoisotopic (exact) mass is 467 g/mol. The van der Waals surface area contributed by atoms with Crippen molar-refractivity contribution in [2.45, 2.75) is 6.92 Å². The van der Waals surface area contributed by atoms with E-state index in [1.807, 2.05) is 0 Å². The lowest BCUT2D eigenvalue weighted by atomic mass is 10.1. The van der Waals surface area contributed by atoms with Gasteiger partial charge in [0.1, 0.15) is 5.01 Å². The number of benzene rings is 2. The molecule has 33 heavy (non-hydrogen) atoms. The molecule has 1 N–H and O–H groups in total. The quantitative estimate of drug-likeness (QED) is 0.248. The number of esters is 1. The lowest BCUT2D eigenvalue weighted by Crippen LogP contribution is -2.29. The first kappa shape index (κ1) is 21.7. The largest absolute Gasteiger partial charge is 0.452 e. The Kier molecular flexibility index (Phi) is 5.62. The maximum absolute atomic E-state index is 12.7. The minimum absolute atomic E-state index is 0.00310. The lowest BCUT2D eigenvalue weighted by molar-refractivity contribution is -0.384. The topological polar surface area (TPSA) is 162 Å². The molecule has 2 aromatic carbocycles. The molecule has 0 unspecified atom stereocenters. The fraction of sp³-hybridized carbons (Fsp3) is 0.100. The predicted octanol–water partition coefficient (Wildman–Crippen LogP) is 2.35. The highest BCUT2D eigenvalue weighted by atomic mass is 32.1. The number of aromatic nitrogens is 2. The number of fused-ring (bicyclic) bond motifs is 1. The van der Waals surface area contributed by atoms with Crippen LogP contribution in [0.1, 0.15) is 36.1 Å². The molecule has 3 amide bonds. The van der Waals surface area contributed by atoms with Gasteiger partial charge in [0.15, 0.2) is 6.61 Å². The summed E-state index contributed by atoms with van der Waals surface area (Å²) < 4.78 is 4.96. The number of nitro benzene ring substituents is 1. The van der Waals surface area contributed by atoms with Gasteiger partial charge in [-0.3, -0.25) is 24.5 Å². The first-order valence-electron chi connectivity index (χ1n) is 9.29. The minimum Gasteiger partial charge on any atom is -0.452 e. The number of hydrogen-bond donors (Lipinski definition) is 1. The molecule has 4 rings (SSSR count). The van der Waals surface area contributed by atoms with Gasteiger partial charge in [-0.05, 0) is 31.2 Å². The van der Waals surface area contributed by atoms with Crippen LogP contribution >= 0.6 is 11.3 Å². The molecule has 0 fully saturated rings. The number of carbonyl (C=O) groups is 4. The van der Waals surface area contributed by atoms with Crippen molar-refractivity contribution in [3.63, 3.8) is 0 Å². The number of hydrogen-bond acceptors (Lipinski definition) is 10. The smallest absolute Gasteiger partial charge is 0.338 e. The van der Waals surface area contributed by atoms with Crippen molar-refractivity contribution in [3.8, 4) is 0 Å². The SMILES string of the molecule is Cc1nnc(N2C(=O)c3ccc(C(=O)OCC(=O)Nc4cccc([N+](=O)[O-])c4)cc3C2=O)s1. The Morgan fingerprint density at radius 3 is 2.58 bits per heavy atom. The average molecular weight is 467 g/mol. The molecule has 1 aromatic heterocycles. The van der Waals surface area contributed by atoms with Crippen LogP contribution in [0.3, 0.4) is 0 Å². The Morgan fingerprint density at radius 2 is 1.88 bits per heavy atom. The van der Waals surface area contributed by atoms with Gasteiger partial charge in [-0.25, -0.2) is 9.69 Å². The zero-order chi connectivity index (χ0) is 23.7. The van der Waals surface area contributed by atoms with E-state index in [1.165, 1.54) is 36.4 Å². The Morgan fingerprint density at radius 1 is 1.12 bits per heavy atom. The van der Waals surface area contributed by atoms with E-state index in [0.717, 1.165) is 22.3 Å². The van der Waals surface area contributed by atoms with Gasteiger partial charge in [0, 0.05) is 17.8 Å². The molecule has 1 aliphatic rings. The first-order valence-corrected chi connectivity index (χ1v) is 10.1. The highest BCUT2D eigenvalue weighted by Gasteiger charge is 2.39. The number of nitrogens with zero attached hydrogens (tertiary/aromatic N) is 4. The van der Waals surface area contributed by atoms with Crippen LogP contribution in [0.4, 0.5) is 16.5 Å². The number of imide groups is 1. The van der Waals surface area contributed by atoms with Crippen LogP contribution in [-0.2, 0) is 9.53 Å². The van der Waals surface area contributed by atoms with E-state index in [9.17, 15) is 29.3 Å². The third-order valence-electron chi connectivity index (χ3n) is 4.50. The second-order valence-corrected chi connectivity index (χ2v) is 7.90. The Bertz CT molecular complexity index is 1340. The van der Waals surface area contributed by atoms with E-state index in [4.69, 9.17) is 4.74 Å². The summed E-state index contributed by atoms with van der Waals surface area (Å²) in [7, 11) is 0. The molecule has 0 saturated heterocycles. The summed E-state index contributed by atoms with van der Waals surface area (Å²) in [6, 6.07) is 9.11. The predicted molar refractivity (Wildman–Crippen MR) is 114 cm³/mol. The van der Waals surface area contributed by atoms with E-state index in [-0.39, 0.29) is 33.2 Å². The second-order valence-electron chi connectivity index (χ2n) is 6.74. The minimum atomic E-state index is -0.891. The van der Waals surface area contributed by atoms with E-state index in [0.29, 0.717) is 5.01 Å². The van der Waals surface area contributed by atoms with E-state index < -0.39 is 35.2 Å². The van der Waals surface area contributed by atoms with E-state index in [2.05, 4.69) is 15.5 Å². The van der Waals surface area contributed by atoms with Gasteiger partial charge in [0.2, 0.25) is 5.13 Å². The third-order valence-corrected chi connectivity index (χ3v) is 5.33. The van der Waals surface area contributed by atoms with Crippen molar-refractivity contribution in [1.82, 2.24) is 10.2 Å². The van der Waals surface area contributed by atoms with Gasteiger partial charge in [-0.1, -0.05) is 17.4 Å². The number of anilines is 2. The summed E-state index contributed by atoms with van der Waals surface area (Å²) in [6.07, 6.45) is 0. The number of amides is 3. The maximum Gasteiger partial charge on any atom is 0.338 e. The summed E-state index contributed by atoms with van der Waals surface area (Å²) >= 11 is 1.08. The van der Waals surface area contributed by atoms with E-state index in [1.54, 1.807) is 6.92 Å². The van der Waals surface area contributed by atoms with E-state index >= 15 is 0 Å². The van der Waals surface area contributed by atoms with Crippen LogP contribution in [0.5, 0.6) is 0 Å². The number of nitrogens with one attached hydrogen (secondary N) is 1. The first-order chi connectivity index (χ1) is 15.7. The number of nitro groups is 1. The maximum atomic E-state index is 12.7. The summed E-state index contributed by atoms with van der Waals surface area (Å²) in [6.45, 7) is 1.02. The number of aryl methyl sites for hydroxylation is 1. The zero-order valence-electron chi connectivity index (χ0n) is 16.8. The average Bonchev–Trinajstić information content (AvgIpc) is 3.32. The Balaban J connectivity index is 1.42. The summed E-state index contributed by atoms with van der Waals surface area (Å²) in [5.74, 6) is -2.84. The summed E-state index contributed by atoms with van der Waals surface area (Å²) in [5, 5.41) is 21.5. The molecule has 13 heteroatoms. The molecule has 12 nitrogen and oxygen atoms in total. The normalized spacial score (nSPS) is 12.5. The lowest BCUT2D eigenvalue weighted by Gasteiger charge is -2.07. The number of rotatable bonds is 6. The second kappa shape index (κ2) is 8.55. The van der Waals surface area contributed by atoms with Crippen molar-refractivity contribution >= 4 is 51.5 Å². The standard InChI is InChI=1S/C20H13N5O7S/c1-10-22-23-20(33-10)24-17(27)14-6-5-11(7-15(14)18(24)28)19(29)32-9-16(26)21-12-3-2-4-13(8-12)25(30)31/h2-8H,9H2,1H3,(H,21,26). The molecule has 0 atom stereocenters. The zero-order valence-corrected chi connectivity index (χ0v) is 17.6. The number of non-ortho nitro benzene ring substituents is 1. The fourth-order valence-corrected chi connectivity index (χ4v) is 3.71. The van der Waals surface area contributed by atoms with Gasteiger partial charge in [0.05, 0.1) is 21.6 Å². The summed E-state index contributed by atoms with van der Waals surface area (Å²) in [5.41, 5.74) is 0.0308. The van der Waals surface area contributed by atoms with Gasteiger partial charge in [0.25, 0.3) is 23.4 Å². The molecule has 3 aromatic rings. The molecule has 0 radical (unpaired) electrons. The van der Waals surface area contributed by atoms with Gasteiger partial charge in [-0.2, -0.15) is 0 Å². The third kappa shape index (κ3) is 4.29. The van der Waals surface area contributed by atoms with Crippen molar-refractivity contribution in [1.29, 1.82) is 0 Å². The van der Waals surface area contributed by atoms with Gasteiger partial charge >= 0.3 is 5.97 Å². The van der Waals surface area contributed by atoms with Crippen LogP contribution in [0, 0.1) is 17.0 Å². The van der Waals surface area contributed by atoms with Crippen LogP contribution in [0.15, 0.2) is 42.5 Å². The van der Waals surface area contributed by atoms with Crippen molar-refractivity contribution < 1.29 is 28.8 Å². The van der Waals surface area contributed by atoms with Crippen LogP contribution in [0.2, 0.25) is 0 Å². The summed E-state index contributed by atoms with van der Waals surface area (Å²) in [4.78, 5) is 60.8. The van der Waals surface area contributed by atoms with Crippen LogP contribution in [-0.4, -0.2) is 45.4 Å². The molecule has 0 aliphatic carbocycles. The highest BCUT2D eigenvalue weighted by Crippen LogP contribution is 2.31.